The van der Waals surface area contributed by atoms with Crippen molar-refractivity contribution in [1.29, 1.82) is 0 Å². The molecule has 4 rings (SSSR count). The van der Waals surface area contributed by atoms with Crippen LogP contribution >= 0.6 is 0 Å². The molecule has 5 heteroatoms. The highest BCUT2D eigenvalue weighted by Crippen LogP contribution is 2.23. The molecule has 3 heterocycles. The number of aromatic nitrogens is 2. The van der Waals surface area contributed by atoms with E-state index in [0.29, 0.717) is 0 Å². The molecule has 0 saturated carbocycles. The first-order valence-electron chi connectivity index (χ1n) is 9.90. The standard InChI is InChI=1S/C21H29N5/c1-18-22-20(25-10-6-3-7-11-25)16-21(23-18)26-14-12-24(13-15-26)17-19-8-4-2-5-9-19/h2,4-5,8-9,16H,3,6-7,10-15,17H2,1H3. The SMILES string of the molecule is Cc1nc(N2CCCCC2)cc(N2CCN(Cc3ccccc3)CC2)n1. The third-order valence-electron chi connectivity index (χ3n) is 5.44. The highest BCUT2D eigenvalue weighted by Gasteiger charge is 2.20. The summed E-state index contributed by atoms with van der Waals surface area (Å²) in [5.41, 5.74) is 1.39. The smallest absolute Gasteiger partial charge is 0.134 e. The average Bonchev–Trinajstić information content (AvgIpc) is 2.70. The van der Waals surface area contributed by atoms with Crippen LogP contribution in [0.2, 0.25) is 0 Å². The molecule has 0 unspecified atom stereocenters. The van der Waals surface area contributed by atoms with E-state index in [1.807, 2.05) is 6.92 Å². The van der Waals surface area contributed by atoms with E-state index >= 15 is 0 Å². The fourth-order valence-corrected chi connectivity index (χ4v) is 3.96. The van der Waals surface area contributed by atoms with Crippen LogP contribution in [0.4, 0.5) is 11.6 Å². The van der Waals surface area contributed by atoms with Crippen molar-refractivity contribution in [1.82, 2.24) is 14.9 Å². The number of nitrogens with zero attached hydrogens (tertiary/aromatic N) is 5. The van der Waals surface area contributed by atoms with Crippen LogP contribution in [0, 0.1) is 6.92 Å². The zero-order valence-electron chi connectivity index (χ0n) is 15.8. The van der Waals surface area contributed by atoms with Crippen molar-refractivity contribution in [3.05, 3.63) is 47.8 Å². The Morgan fingerprint density at radius 2 is 1.38 bits per heavy atom. The van der Waals surface area contributed by atoms with Crippen LogP contribution in [0.1, 0.15) is 30.7 Å². The normalized spacial score (nSPS) is 19.0. The third-order valence-corrected chi connectivity index (χ3v) is 5.44. The lowest BCUT2D eigenvalue weighted by molar-refractivity contribution is 0.249. The van der Waals surface area contributed by atoms with Crippen LogP contribution in [-0.2, 0) is 6.54 Å². The topological polar surface area (TPSA) is 35.5 Å². The molecule has 2 aliphatic rings. The molecule has 5 nitrogen and oxygen atoms in total. The Kier molecular flexibility index (Phi) is 5.34. The van der Waals surface area contributed by atoms with Gasteiger partial charge in [-0.05, 0) is 31.7 Å². The number of hydrogen-bond acceptors (Lipinski definition) is 5. The summed E-state index contributed by atoms with van der Waals surface area (Å²) in [7, 11) is 0. The van der Waals surface area contributed by atoms with E-state index in [4.69, 9.17) is 9.97 Å². The van der Waals surface area contributed by atoms with Gasteiger partial charge in [-0.1, -0.05) is 30.3 Å². The van der Waals surface area contributed by atoms with Gasteiger partial charge in [-0.2, -0.15) is 0 Å². The van der Waals surface area contributed by atoms with Gasteiger partial charge in [-0.25, -0.2) is 9.97 Å². The van der Waals surface area contributed by atoms with Gasteiger partial charge < -0.3 is 9.80 Å². The molecule has 0 aliphatic carbocycles. The summed E-state index contributed by atoms with van der Waals surface area (Å²) in [6, 6.07) is 13.0. The molecule has 1 aromatic carbocycles. The van der Waals surface area contributed by atoms with E-state index in [1.165, 1.54) is 24.8 Å². The van der Waals surface area contributed by atoms with Crippen molar-refractivity contribution < 1.29 is 0 Å². The first kappa shape index (κ1) is 17.3. The van der Waals surface area contributed by atoms with Crippen LogP contribution in [0.5, 0.6) is 0 Å². The Morgan fingerprint density at radius 1 is 0.769 bits per heavy atom. The van der Waals surface area contributed by atoms with Gasteiger partial charge in [0.2, 0.25) is 0 Å². The maximum atomic E-state index is 4.73. The van der Waals surface area contributed by atoms with Crippen LogP contribution in [0.25, 0.3) is 0 Å². The molecule has 1 aromatic heterocycles. The largest absolute Gasteiger partial charge is 0.356 e. The minimum Gasteiger partial charge on any atom is -0.356 e. The second-order valence-electron chi connectivity index (χ2n) is 7.43. The van der Waals surface area contributed by atoms with Gasteiger partial charge >= 0.3 is 0 Å². The molecule has 2 aliphatic heterocycles. The van der Waals surface area contributed by atoms with E-state index in [0.717, 1.165) is 63.3 Å². The van der Waals surface area contributed by atoms with Gasteiger partial charge in [0.25, 0.3) is 0 Å². The van der Waals surface area contributed by atoms with Crippen molar-refractivity contribution in [3.8, 4) is 0 Å². The third kappa shape index (κ3) is 4.15. The number of benzene rings is 1. The highest BCUT2D eigenvalue weighted by molar-refractivity contribution is 5.51. The number of rotatable bonds is 4. The first-order chi connectivity index (χ1) is 12.8. The molecular formula is C21H29N5. The maximum absolute atomic E-state index is 4.73. The molecule has 0 atom stereocenters. The minimum atomic E-state index is 0.884. The lowest BCUT2D eigenvalue weighted by Gasteiger charge is -2.36. The molecule has 2 saturated heterocycles. The van der Waals surface area contributed by atoms with Gasteiger partial charge in [-0.15, -0.1) is 0 Å². The van der Waals surface area contributed by atoms with Crippen molar-refractivity contribution in [2.24, 2.45) is 0 Å². The first-order valence-corrected chi connectivity index (χ1v) is 9.90. The summed E-state index contributed by atoms with van der Waals surface area (Å²) in [5, 5.41) is 0. The Hall–Kier alpha value is -2.14. The Labute approximate surface area is 156 Å². The van der Waals surface area contributed by atoms with Crippen LogP contribution in [0.15, 0.2) is 36.4 Å². The Balaban J connectivity index is 1.40. The number of hydrogen-bond donors (Lipinski definition) is 0. The van der Waals surface area contributed by atoms with Gasteiger partial charge in [0.15, 0.2) is 0 Å². The highest BCUT2D eigenvalue weighted by atomic mass is 15.3. The van der Waals surface area contributed by atoms with Crippen molar-refractivity contribution in [2.75, 3.05) is 49.1 Å². The fraction of sp³-hybridized carbons (Fsp3) is 0.524. The van der Waals surface area contributed by atoms with Crippen LogP contribution < -0.4 is 9.80 Å². The molecule has 0 radical (unpaired) electrons. The Morgan fingerprint density at radius 3 is 2.04 bits per heavy atom. The number of piperidine rings is 1. The molecular weight excluding hydrogens is 322 g/mol. The summed E-state index contributed by atoms with van der Waals surface area (Å²) in [4.78, 5) is 16.8. The van der Waals surface area contributed by atoms with Gasteiger partial charge in [0, 0.05) is 51.9 Å². The summed E-state index contributed by atoms with van der Waals surface area (Å²) in [6.07, 6.45) is 3.89. The van der Waals surface area contributed by atoms with Crippen molar-refractivity contribution in [3.63, 3.8) is 0 Å². The second-order valence-corrected chi connectivity index (χ2v) is 7.43. The fourth-order valence-electron chi connectivity index (χ4n) is 3.96. The minimum absolute atomic E-state index is 0.884. The summed E-state index contributed by atoms with van der Waals surface area (Å²) in [5.74, 6) is 3.09. The number of anilines is 2. The molecule has 0 amide bonds. The van der Waals surface area contributed by atoms with Crippen LogP contribution in [-0.4, -0.2) is 54.1 Å². The predicted octanol–water partition coefficient (Wildman–Crippen LogP) is 3.10. The van der Waals surface area contributed by atoms with Gasteiger partial charge in [-0.3, -0.25) is 4.90 Å². The summed E-state index contributed by atoms with van der Waals surface area (Å²) in [6.45, 7) is 9.53. The monoisotopic (exact) mass is 351 g/mol. The van der Waals surface area contributed by atoms with Crippen LogP contribution in [0.3, 0.4) is 0 Å². The predicted molar refractivity (Wildman–Crippen MR) is 107 cm³/mol. The zero-order chi connectivity index (χ0) is 17.8. The van der Waals surface area contributed by atoms with E-state index in [-0.39, 0.29) is 0 Å². The quantitative estimate of drug-likeness (QED) is 0.846. The molecule has 0 bridgehead atoms. The molecule has 0 spiro atoms. The zero-order valence-corrected chi connectivity index (χ0v) is 15.8. The van der Waals surface area contributed by atoms with E-state index in [9.17, 15) is 0 Å². The number of aryl methyl sites for hydroxylation is 1. The maximum Gasteiger partial charge on any atom is 0.134 e. The van der Waals surface area contributed by atoms with E-state index in [2.05, 4.69) is 51.1 Å². The lowest BCUT2D eigenvalue weighted by Crippen LogP contribution is -2.46. The molecule has 138 valence electrons. The van der Waals surface area contributed by atoms with Crippen molar-refractivity contribution in [2.45, 2.75) is 32.7 Å². The molecule has 26 heavy (non-hydrogen) atoms. The van der Waals surface area contributed by atoms with Gasteiger partial charge in [0.05, 0.1) is 0 Å². The average molecular weight is 351 g/mol. The van der Waals surface area contributed by atoms with E-state index in [1.54, 1.807) is 0 Å². The summed E-state index contributed by atoms with van der Waals surface area (Å²) < 4.78 is 0. The van der Waals surface area contributed by atoms with E-state index < -0.39 is 0 Å². The molecule has 0 N–H and O–H groups in total. The lowest BCUT2D eigenvalue weighted by atomic mass is 10.1. The molecule has 2 fully saturated rings. The Bertz CT molecular complexity index is 704. The van der Waals surface area contributed by atoms with Crippen molar-refractivity contribution >= 4 is 11.6 Å². The number of piperazine rings is 1. The summed E-state index contributed by atoms with van der Waals surface area (Å²) >= 11 is 0. The molecule has 2 aromatic rings. The van der Waals surface area contributed by atoms with Gasteiger partial charge in [0.1, 0.15) is 17.5 Å². The second kappa shape index (κ2) is 8.04.